The zero-order valence-electron chi connectivity index (χ0n) is 25.8. The van der Waals surface area contributed by atoms with Gasteiger partial charge in [-0.25, -0.2) is 0 Å². The number of aliphatic hydroxyl groups is 8. The van der Waals surface area contributed by atoms with Crippen LogP contribution in [0.25, 0.3) is 11.1 Å². The van der Waals surface area contributed by atoms with Crippen molar-refractivity contribution >= 4 is 125 Å². The lowest BCUT2D eigenvalue weighted by Gasteiger charge is -2.26. The Morgan fingerprint density at radius 2 is 0.640 bits per heavy atom. The summed E-state index contributed by atoms with van der Waals surface area (Å²) in [5, 5.41) is 87.0. The van der Waals surface area contributed by atoms with Gasteiger partial charge in [0.05, 0.1) is 98.8 Å². The fraction of sp³-hybridized carbons (Fsp3) is 0.429. The van der Waals surface area contributed by atoms with E-state index in [1.807, 2.05) is 0 Å². The van der Waals surface area contributed by atoms with Crippen LogP contribution in [-0.2, 0) is 0 Å². The number of halogens is 4. The Balaban J connectivity index is 3.29. The van der Waals surface area contributed by atoms with Crippen molar-refractivity contribution in [2.75, 3.05) is 64.1 Å². The molecule has 4 amide bonds. The zero-order chi connectivity index (χ0) is 38.0. The van der Waals surface area contributed by atoms with Crippen molar-refractivity contribution < 1.29 is 60.0 Å². The Kier molecular flexibility index (Phi) is 18.5. The van der Waals surface area contributed by atoms with E-state index in [0.29, 0.717) is 0 Å². The maximum absolute atomic E-state index is 14.0. The summed E-state index contributed by atoms with van der Waals surface area (Å²) in [6, 6.07) is 0. The predicted molar refractivity (Wildman–Crippen MR) is 213 cm³/mol. The average Bonchev–Trinajstić information content (AvgIpc) is 3.10. The van der Waals surface area contributed by atoms with Crippen LogP contribution in [0.2, 0.25) is 0 Å². The third-order valence-electron chi connectivity index (χ3n) is 6.82. The molecule has 2 aromatic rings. The average molecular weight is 1160 g/mol. The van der Waals surface area contributed by atoms with Crippen molar-refractivity contribution in [3.05, 3.63) is 36.5 Å². The van der Waals surface area contributed by atoms with Crippen LogP contribution in [-0.4, -0.2) is 142 Å². The van der Waals surface area contributed by atoms with Crippen molar-refractivity contribution in [2.45, 2.75) is 24.4 Å². The smallest absolute Gasteiger partial charge is 0.253 e. The number of carbonyl (C=O) groups excluding carboxylic acids is 4. The molecule has 0 radical (unpaired) electrons. The molecule has 50 heavy (non-hydrogen) atoms. The summed E-state index contributed by atoms with van der Waals surface area (Å²) in [5.74, 6) is -3.85. The van der Waals surface area contributed by atoms with E-state index in [0.717, 1.165) is 0 Å². The van der Waals surface area contributed by atoms with Crippen LogP contribution < -0.4 is 32.7 Å². The number of amides is 4. The molecule has 2 rings (SSSR count). The standard InChI is InChI=1S/C28H36I4N6O12/c29-19-15(25(47)35-1-9(43)5-39)13(16(20(30)23(19)33)26(48)36-2-10(44)6-40)14-17(27(49)37-3-11(45)7-41)21(31)24(34)22(32)18(14)28(50)38-4-12(46)8-42/h9-12,39-46H,1-8,33-34H2,(H,35,47)(H,36,48)(H,37,49)(H,38,50). The molecule has 0 spiro atoms. The Morgan fingerprint density at radius 3 is 0.800 bits per heavy atom. The molecule has 0 saturated carbocycles. The van der Waals surface area contributed by atoms with E-state index in [2.05, 4.69) is 21.3 Å². The molecule has 16 N–H and O–H groups in total. The van der Waals surface area contributed by atoms with Crippen LogP contribution in [0.15, 0.2) is 0 Å². The zero-order valence-corrected chi connectivity index (χ0v) is 34.5. The first-order valence-electron chi connectivity index (χ1n) is 14.4. The highest BCUT2D eigenvalue weighted by atomic mass is 127. The predicted octanol–water partition coefficient (Wildman–Crippen LogP) is -2.73. The molecule has 4 atom stereocenters. The summed E-state index contributed by atoms with van der Waals surface area (Å²) in [4.78, 5) is 56.1. The summed E-state index contributed by atoms with van der Waals surface area (Å²) < 4.78 is 0.151. The lowest BCUT2D eigenvalue weighted by Crippen LogP contribution is -2.38. The van der Waals surface area contributed by atoms with Gasteiger partial charge in [0, 0.05) is 37.3 Å². The van der Waals surface area contributed by atoms with Gasteiger partial charge >= 0.3 is 0 Å². The summed E-state index contributed by atoms with van der Waals surface area (Å²) in [7, 11) is 0. The van der Waals surface area contributed by atoms with Gasteiger partial charge in [0.1, 0.15) is 0 Å². The summed E-state index contributed by atoms with van der Waals surface area (Å²) in [5.41, 5.74) is 10.6. The minimum atomic E-state index is -1.40. The van der Waals surface area contributed by atoms with E-state index in [1.54, 1.807) is 90.4 Å². The van der Waals surface area contributed by atoms with Crippen molar-refractivity contribution in [2.24, 2.45) is 0 Å². The monoisotopic (exact) mass is 1160 g/mol. The van der Waals surface area contributed by atoms with Gasteiger partial charge in [-0.05, 0) is 90.4 Å². The largest absolute Gasteiger partial charge is 0.397 e. The molecule has 0 aliphatic rings. The molecule has 0 fully saturated rings. The molecular formula is C28H36I4N6O12. The summed E-state index contributed by atoms with van der Waals surface area (Å²) in [6.45, 7) is -4.78. The first-order valence-corrected chi connectivity index (χ1v) is 18.7. The molecule has 4 unspecified atom stereocenters. The van der Waals surface area contributed by atoms with Gasteiger partial charge in [-0.3, -0.25) is 19.2 Å². The summed E-state index contributed by atoms with van der Waals surface area (Å²) >= 11 is 6.91. The number of nitrogen functional groups attached to an aromatic ring is 2. The molecule has 0 bridgehead atoms. The van der Waals surface area contributed by atoms with E-state index >= 15 is 0 Å². The highest BCUT2D eigenvalue weighted by molar-refractivity contribution is 14.1. The number of anilines is 2. The van der Waals surface area contributed by atoms with E-state index in [4.69, 9.17) is 11.5 Å². The van der Waals surface area contributed by atoms with E-state index in [1.165, 1.54) is 0 Å². The third-order valence-corrected chi connectivity index (χ3v) is 11.3. The molecule has 0 saturated heterocycles. The molecule has 22 heteroatoms. The first kappa shape index (κ1) is 44.7. The van der Waals surface area contributed by atoms with Crippen LogP contribution in [0.3, 0.4) is 0 Å². The minimum Gasteiger partial charge on any atom is -0.397 e. The lowest BCUT2D eigenvalue weighted by atomic mass is 9.85. The number of hydrogen-bond donors (Lipinski definition) is 14. The normalized spacial score (nSPS) is 13.6. The Hall–Kier alpha value is -1.48. The van der Waals surface area contributed by atoms with Crippen molar-refractivity contribution in [1.82, 2.24) is 21.3 Å². The van der Waals surface area contributed by atoms with E-state index in [-0.39, 0.29) is 59.0 Å². The van der Waals surface area contributed by atoms with Gasteiger partial charge in [0.2, 0.25) is 0 Å². The number of nitrogens with two attached hydrogens (primary N) is 2. The Labute approximate surface area is 339 Å². The number of benzene rings is 2. The van der Waals surface area contributed by atoms with Crippen molar-refractivity contribution in [3.8, 4) is 11.1 Å². The molecule has 0 aliphatic heterocycles. The molecule has 0 aromatic heterocycles. The molecule has 278 valence electrons. The highest BCUT2D eigenvalue weighted by Gasteiger charge is 2.37. The molecular weight excluding hydrogens is 1120 g/mol. The Morgan fingerprint density at radius 1 is 0.460 bits per heavy atom. The van der Waals surface area contributed by atoms with Crippen LogP contribution in [0.5, 0.6) is 0 Å². The second-order valence-corrected chi connectivity index (χ2v) is 14.8. The second kappa shape index (κ2) is 20.7. The first-order chi connectivity index (χ1) is 23.5. The van der Waals surface area contributed by atoms with Crippen LogP contribution in [0.1, 0.15) is 41.4 Å². The molecule has 18 nitrogen and oxygen atoms in total. The topological polar surface area (TPSA) is 330 Å². The number of rotatable bonds is 17. The van der Waals surface area contributed by atoms with Gasteiger partial charge in [0.15, 0.2) is 0 Å². The maximum Gasteiger partial charge on any atom is 0.253 e. The number of aliphatic hydroxyl groups excluding tert-OH is 8. The van der Waals surface area contributed by atoms with Crippen LogP contribution in [0, 0.1) is 14.3 Å². The lowest BCUT2D eigenvalue weighted by molar-refractivity contribution is 0.0791. The minimum absolute atomic E-state index is 0.0379. The summed E-state index contributed by atoms with van der Waals surface area (Å²) in [6.07, 6.45) is -5.61. The number of carbonyl (C=O) groups is 4. The number of nitrogens with one attached hydrogen (secondary N) is 4. The van der Waals surface area contributed by atoms with E-state index < -0.39 is 101 Å². The van der Waals surface area contributed by atoms with Gasteiger partial charge in [-0.1, -0.05) is 0 Å². The Bertz CT molecular complexity index is 1380. The quantitative estimate of drug-likeness (QED) is 0.0566. The SMILES string of the molecule is Nc1c(I)c(C(=O)NCC(O)CO)c(-c2c(C(=O)NCC(O)CO)c(I)c(N)c(I)c2C(=O)NCC(O)CO)c(C(=O)NCC(O)CO)c1I. The third kappa shape index (κ3) is 10.8. The highest BCUT2D eigenvalue weighted by Crippen LogP contribution is 2.45. The maximum atomic E-state index is 14.0. The van der Waals surface area contributed by atoms with Crippen LogP contribution >= 0.6 is 90.4 Å². The number of hydrogen-bond acceptors (Lipinski definition) is 14. The van der Waals surface area contributed by atoms with Gasteiger partial charge in [-0.15, -0.1) is 0 Å². The fourth-order valence-electron chi connectivity index (χ4n) is 4.23. The van der Waals surface area contributed by atoms with Gasteiger partial charge < -0.3 is 73.6 Å². The van der Waals surface area contributed by atoms with Gasteiger partial charge in [-0.2, -0.15) is 0 Å². The van der Waals surface area contributed by atoms with Crippen LogP contribution in [0.4, 0.5) is 11.4 Å². The van der Waals surface area contributed by atoms with E-state index in [9.17, 15) is 60.0 Å². The molecule has 2 aromatic carbocycles. The molecule has 0 heterocycles. The molecule has 0 aliphatic carbocycles. The van der Waals surface area contributed by atoms with Gasteiger partial charge in [0.25, 0.3) is 23.6 Å². The van der Waals surface area contributed by atoms with Crippen molar-refractivity contribution in [1.29, 1.82) is 0 Å². The second-order valence-electron chi connectivity index (χ2n) is 10.5. The van der Waals surface area contributed by atoms with Crippen molar-refractivity contribution in [3.63, 3.8) is 0 Å². The fourth-order valence-corrected chi connectivity index (χ4v) is 8.40.